The number of hydrogen-bond acceptors (Lipinski definition) is 7. The lowest BCUT2D eigenvalue weighted by molar-refractivity contribution is -0.384. The van der Waals surface area contributed by atoms with Crippen LogP contribution in [0.5, 0.6) is 0 Å². The zero-order chi connectivity index (χ0) is 21.5. The van der Waals surface area contributed by atoms with E-state index in [-0.39, 0.29) is 11.6 Å². The van der Waals surface area contributed by atoms with Gasteiger partial charge in [-0.1, -0.05) is 29.4 Å². The molecule has 0 aromatic heterocycles. The van der Waals surface area contributed by atoms with Crippen LogP contribution < -0.4 is 9.80 Å². The first-order valence-electron chi connectivity index (χ1n) is 9.60. The number of amides is 1. The molecule has 1 aliphatic heterocycles. The summed E-state index contributed by atoms with van der Waals surface area (Å²) >= 11 is 0. The largest absolute Gasteiger partial charge is 0.383 e. The van der Waals surface area contributed by atoms with Crippen LogP contribution in [0, 0.1) is 10.1 Å². The zero-order valence-electron chi connectivity index (χ0n) is 16.9. The van der Waals surface area contributed by atoms with Crippen molar-refractivity contribution in [3.63, 3.8) is 0 Å². The van der Waals surface area contributed by atoms with Gasteiger partial charge in [0.25, 0.3) is 11.6 Å². The van der Waals surface area contributed by atoms with Crippen molar-refractivity contribution in [2.45, 2.75) is 13.0 Å². The minimum Gasteiger partial charge on any atom is -0.383 e. The van der Waals surface area contributed by atoms with Crippen molar-refractivity contribution in [1.82, 2.24) is 0 Å². The topological polar surface area (TPSA) is 97.5 Å². The number of oxime groups is 1. The van der Waals surface area contributed by atoms with E-state index in [1.165, 1.54) is 17.2 Å². The van der Waals surface area contributed by atoms with Crippen LogP contribution in [0.4, 0.5) is 17.1 Å². The molecular weight excluding hydrogens is 388 g/mol. The molecule has 30 heavy (non-hydrogen) atoms. The Morgan fingerprint density at radius 2 is 1.97 bits per heavy atom. The molecule has 1 amide bonds. The molecule has 0 bridgehead atoms. The molecule has 1 fully saturated rings. The van der Waals surface area contributed by atoms with Gasteiger partial charge in [-0.3, -0.25) is 14.9 Å². The third-order valence-corrected chi connectivity index (χ3v) is 4.79. The molecule has 1 saturated heterocycles. The highest BCUT2D eigenvalue weighted by Gasteiger charge is 2.22. The summed E-state index contributed by atoms with van der Waals surface area (Å²) in [6, 6.07) is 14.1. The quantitative estimate of drug-likeness (QED) is 0.394. The first-order chi connectivity index (χ1) is 14.5. The fourth-order valence-corrected chi connectivity index (χ4v) is 3.12. The van der Waals surface area contributed by atoms with Crippen LogP contribution in [0.2, 0.25) is 0 Å². The van der Waals surface area contributed by atoms with E-state index in [0.717, 1.165) is 5.69 Å². The molecule has 0 saturated carbocycles. The van der Waals surface area contributed by atoms with Crippen molar-refractivity contribution in [3.8, 4) is 0 Å². The number of nitro groups is 1. The van der Waals surface area contributed by atoms with E-state index >= 15 is 0 Å². The van der Waals surface area contributed by atoms with Gasteiger partial charge >= 0.3 is 0 Å². The smallest absolute Gasteiger partial charge is 0.293 e. The number of anilines is 2. The third-order valence-electron chi connectivity index (χ3n) is 4.79. The summed E-state index contributed by atoms with van der Waals surface area (Å²) in [5.41, 5.74) is 1.80. The Morgan fingerprint density at radius 1 is 1.27 bits per heavy atom. The average molecular weight is 412 g/mol. The van der Waals surface area contributed by atoms with E-state index in [4.69, 9.17) is 9.57 Å². The number of ether oxygens (including phenoxy) is 1. The number of benzene rings is 2. The predicted molar refractivity (Wildman–Crippen MR) is 114 cm³/mol. The predicted octanol–water partition coefficient (Wildman–Crippen LogP) is 2.83. The molecule has 1 atom stereocenters. The highest BCUT2D eigenvalue weighted by atomic mass is 16.6. The molecule has 1 unspecified atom stereocenters. The molecule has 9 nitrogen and oxygen atoms in total. The summed E-state index contributed by atoms with van der Waals surface area (Å²) in [7, 11) is 1.66. The number of hydrogen-bond donors (Lipinski definition) is 0. The fourth-order valence-electron chi connectivity index (χ4n) is 3.12. The Labute approximate surface area is 174 Å². The van der Waals surface area contributed by atoms with E-state index in [1.807, 2.05) is 35.2 Å². The number of nitrogens with zero attached hydrogens (tertiary/aromatic N) is 4. The molecule has 0 spiro atoms. The minimum atomic E-state index is -0.811. The maximum Gasteiger partial charge on any atom is 0.293 e. The number of morpholine rings is 1. The Balaban J connectivity index is 1.66. The van der Waals surface area contributed by atoms with Gasteiger partial charge in [0, 0.05) is 37.5 Å². The zero-order valence-corrected chi connectivity index (χ0v) is 16.9. The maximum atomic E-state index is 12.5. The standard InChI is InChI=1S/C21H24N4O5/c1-16(21(26)23(2)18-6-4-3-5-7-18)30-22-15-17-8-9-19(20(14-17)25(27)28)24-10-12-29-13-11-24/h3-9,14-16H,10-13H2,1-2H3. The van der Waals surface area contributed by atoms with Crippen LogP contribution in [0.1, 0.15) is 12.5 Å². The molecule has 9 heteroatoms. The lowest BCUT2D eigenvalue weighted by Gasteiger charge is -2.28. The molecule has 1 aliphatic rings. The van der Waals surface area contributed by atoms with Gasteiger partial charge in [0.2, 0.25) is 6.10 Å². The molecule has 2 aromatic rings. The summed E-state index contributed by atoms with van der Waals surface area (Å²) in [6.45, 7) is 3.88. The first-order valence-corrected chi connectivity index (χ1v) is 9.60. The van der Waals surface area contributed by atoms with E-state index in [2.05, 4.69) is 5.16 Å². The number of para-hydroxylation sites is 1. The summed E-state index contributed by atoms with van der Waals surface area (Å²) < 4.78 is 5.30. The summed E-state index contributed by atoms with van der Waals surface area (Å²) in [4.78, 5) is 32.3. The Hall–Kier alpha value is -3.46. The van der Waals surface area contributed by atoms with E-state index < -0.39 is 11.0 Å². The van der Waals surface area contributed by atoms with Gasteiger partial charge in [-0.2, -0.15) is 0 Å². The first kappa shape index (κ1) is 21.3. The monoisotopic (exact) mass is 412 g/mol. The SMILES string of the molecule is CC(ON=Cc1ccc(N2CCOCC2)c([N+](=O)[O-])c1)C(=O)N(C)c1ccccc1. The Kier molecular flexibility index (Phi) is 6.97. The van der Waals surface area contributed by atoms with E-state index in [1.54, 1.807) is 26.1 Å². The van der Waals surface area contributed by atoms with Crippen LogP contribution in [-0.4, -0.2) is 56.5 Å². The van der Waals surface area contributed by atoms with Gasteiger partial charge in [-0.25, -0.2) is 0 Å². The van der Waals surface area contributed by atoms with Gasteiger partial charge in [0.1, 0.15) is 5.69 Å². The second-order valence-corrected chi connectivity index (χ2v) is 6.82. The Bertz CT molecular complexity index is 913. The lowest BCUT2D eigenvalue weighted by atomic mass is 10.1. The lowest BCUT2D eigenvalue weighted by Crippen LogP contribution is -2.36. The van der Waals surface area contributed by atoms with E-state index in [0.29, 0.717) is 37.6 Å². The second kappa shape index (κ2) is 9.84. The van der Waals surface area contributed by atoms with Gasteiger partial charge in [-0.05, 0) is 25.1 Å². The normalized spacial score (nSPS) is 15.1. The highest BCUT2D eigenvalue weighted by Crippen LogP contribution is 2.29. The molecule has 1 heterocycles. The van der Waals surface area contributed by atoms with Crippen molar-refractivity contribution in [2.75, 3.05) is 43.2 Å². The summed E-state index contributed by atoms with van der Waals surface area (Å²) in [6.07, 6.45) is 0.552. The molecule has 158 valence electrons. The summed E-state index contributed by atoms with van der Waals surface area (Å²) in [5, 5.41) is 15.4. The molecule has 0 N–H and O–H groups in total. The van der Waals surface area contributed by atoms with Crippen LogP contribution >= 0.6 is 0 Å². The minimum absolute atomic E-state index is 0.00575. The van der Waals surface area contributed by atoms with Gasteiger partial charge < -0.3 is 19.4 Å². The molecule has 0 aliphatic carbocycles. The molecule has 3 rings (SSSR count). The van der Waals surface area contributed by atoms with Crippen LogP contribution in [0.15, 0.2) is 53.7 Å². The van der Waals surface area contributed by atoms with Crippen molar-refractivity contribution in [2.24, 2.45) is 5.16 Å². The molecule has 2 aromatic carbocycles. The number of carbonyl (C=O) groups is 1. The van der Waals surface area contributed by atoms with Crippen LogP contribution in [0.25, 0.3) is 0 Å². The molecule has 0 radical (unpaired) electrons. The van der Waals surface area contributed by atoms with Crippen molar-refractivity contribution >= 4 is 29.2 Å². The van der Waals surface area contributed by atoms with Gasteiger partial charge in [-0.15, -0.1) is 0 Å². The van der Waals surface area contributed by atoms with Crippen molar-refractivity contribution in [1.29, 1.82) is 0 Å². The second-order valence-electron chi connectivity index (χ2n) is 6.82. The van der Waals surface area contributed by atoms with Crippen LogP contribution in [-0.2, 0) is 14.4 Å². The van der Waals surface area contributed by atoms with Gasteiger partial charge in [0.15, 0.2) is 0 Å². The number of rotatable bonds is 7. The average Bonchev–Trinajstić information content (AvgIpc) is 2.79. The Morgan fingerprint density at radius 3 is 2.63 bits per heavy atom. The number of likely N-dealkylation sites (N-methyl/N-ethyl adjacent to an activating group) is 1. The molecular formula is C21H24N4O5. The van der Waals surface area contributed by atoms with Crippen LogP contribution in [0.3, 0.4) is 0 Å². The number of nitro benzene ring substituents is 1. The van der Waals surface area contributed by atoms with E-state index in [9.17, 15) is 14.9 Å². The number of carbonyl (C=O) groups excluding carboxylic acids is 1. The van der Waals surface area contributed by atoms with Crippen molar-refractivity contribution in [3.05, 3.63) is 64.2 Å². The summed E-state index contributed by atoms with van der Waals surface area (Å²) in [5.74, 6) is -0.257. The third kappa shape index (κ3) is 5.12. The fraction of sp³-hybridized carbons (Fsp3) is 0.333. The maximum absolute atomic E-state index is 12.5. The van der Waals surface area contributed by atoms with Crippen molar-refractivity contribution < 1.29 is 19.3 Å². The highest BCUT2D eigenvalue weighted by molar-refractivity contribution is 5.95. The van der Waals surface area contributed by atoms with Gasteiger partial charge in [0.05, 0.1) is 24.4 Å².